The Balaban J connectivity index is 1.47. The van der Waals surface area contributed by atoms with Gasteiger partial charge in [0, 0.05) is 41.6 Å². The van der Waals surface area contributed by atoms with Crippen LogP contribution in [0, 0.1) is 0 Å². The maximum absolute atomic E-state index is 4.72. The second-order valence-corrected chi connectivity index (χ2v) is 7.41. The minimum Gasteiger partial charge on any atom is -0.353 e. The summed E-state index contributed by atoms with van der Waals surface area (Å²) in [5.74, 6) is 1.96. The van der Waals surface area contributed by atoms with Crippen LogP contribution in [0.3, 0.4) is 0 Å². The number of aliphatic imine (C=N–C) groups is 1. The van der Waals surface area contributed by atoms with Crippen molar-refractivity contribution in [3.63, 3.8) is 0 Å². The molecular weight excluding hydrogens is 334 g/mol. The number of hydrogen-bond acceptors (Lipinski definition) is 5. The van der Waals surface area contributed by atoms with Crippen LogP contribution in [0.2, 0.25) is 0 Å². The molecule has 2 aliphatic rings. The van der Waals surface area contributed by atoms with Gasteiger partial charge in [-0.15, -0.1) is 0 Å². The maximum atomic E-state index is 4.72. The molecule has 5 rings (SSSR count). The lowest BCUT2D eigenvalue weighted by atomic mass is 10.0. The highest BCUT2D eigenvalue weighted by atomic mass is 15.2. The molecular formula is C22H23N5. The van der Waals surface area contributed by atoms with Crippen LogP contribution in [0.15, 0.2) is 53.8 Å². The first-order valence-corrected chi connectivity index (χ1v) is 9.71. The van der Waals surface area contributed by atoms with E-state index >= 15 is 0 Å². The number of rotatable bonds is 2. The van der Waals surface area contributed by atoms with E-state index < -0.39 is 0 Å². The first-order chi connectivity index (χ1) is 13.3. The van der Waals surface area contributed by atoms with Crippen molar-refractivity contribution in [2.75, 3.05) is 16.8 Å². The number of nitrogens with zero attached hydrogens (tertiary/aromatic N) is 4. The summed E-state index contributed by atoms with van der Waals surface area (Å²) in [4.78, 5) is 16.2. The summed E-state index contributed by atoms with van der Waals surface area (Å²) in [6.45, 7) is 4.09. The summed E-state index contributed by atoms with van der Waals surface area (Å²) in [6.07, 6.45) is 7.54. The Labute approximate surface area is 159 Å². The molecule has 1 N–H and O–H groups in total. The Kier molecular flexibility index (Phi) is 4.00. The Morgan fingerprint density at radius 2 is 2.04 bits per heavy atom. The van der Waals surface area contributed by atoms with Gasteiger partial charge in [0.15, 0.2) is 5.84 Å². The molecule has 136 valence electrons. The summed E-state index contributed by atoms with van der Waals surface area (Å²) in [5, 5.41) is 5.86. The van der Waals surface area contributed by atoms with E-state index in [4.69, 9.17) is 4.98 Å². The third kappa shape index (κ3) is 2.93. The molecule has 0 saturated carbocycles. The molecule has 1 saturated heterocycles. The number of nitrogens with one attached hydrogen (secondary N) is 1. The molecule has 27 heavy (non-hydrogen) atoms. The average Bonchev–Trinajstić information content (AvgIpc) is 3.11. The van der Waals surface area contributed by atoms with Gasteiger partial charge in [0.2, 0.25) is 0 Å². The van der Waals surface area contributed by atoms with E-state index in [0.717, 1.165) is 29.6 Å². The van der Waals surface area contributed by atoms with Crippen LogP contribution in [-0.4, -0.2) is 28.4 Å². The summed E-state index contributed by atoms with van der Waals surface area (Å²) in [7, 11) is 0. The van der Waals surface area contributed by atoms with Crippen LogP contribution in [0.25, 0.3) is 10.8 Å². The minimum absolute atomic E-state index is 0.546. The lowest BCUT2D eigenvalue weighted by Crippen LogP contribution is -2.38. The molecule has 0 radical (unpaired) electrons. The molecule has 0 aliphatic carbocycles. The van der Waals surface area contributed by atoms with Crippen LogP contribution in [-0.2, 0) is 6.54 Å². The van der Waals surface area contributed by atoms with Gasteiger partial charge in [0.1, 0.15) is 11.5 Å². The summed E-state index contributed by atoms with van der Waals surface area (Å²) in [5.41, 5.74) is 3.16. The number of benzene rings is 1. The van der Waals surface area contributed by atoms with Crippen molar-refractivity contribution in [1.29, 1.82) is 0 Å². The summed E-state index contributed by atoms with van der Waals surface area (Å²) in [6, 6.07) is 13.1. The number of anilines is 2. The van der Waals surface area contributed by atoms with Crippen LogP contribution in [0.4, 0.5) is 11.5 Å². The number of amidine groups is 1. The molecule has 0 amide bonds. The highest BCUT2D eigenvalue weighted by Crippen LogP contribution is 2.31. The number of pyridine rings is 2. The van der Waals surface area contributed by atoms with Gasteiger partial charge in [0.05, 0.1) is 6.54 Å². The van der Waals surface area contributed by atoms with E-state index in [1.54, 1.807) is 0 Å². The zero-order chi connectivity index (χ0) is 18.2. The van der Waals surface area contributed by atoms with Crippen LogP contribution < -0.4 is 10.2 Å². The second-order valence-electron chi connectivity index (χ2n) is 7.41. The predicted molar refractivity (Wildman–Crippen MR) is 111 cm³/mol. The van der Waals surface area contributed by atoms with Crippen LogP contribution in [0.5, 0.6) is 0 Å². The molecule has 2 aliphatic heterocycles. The lowest BCUT2D eigenvalue weighted by Gasteiger charge is -2.35. The summed E-state index contributed by atoms with van der Waals surface area (Å²) < 4.78 is 0. The molecule has 5 nitrogen and oxygen atoms in total. The monoisotopic (exact) mass is 357 g/mol. The number of hydrogen-bond donors (Lipinski definition) is 1. The van der Waals surface area contributed by atoms with E-state index in [1.807, 2.05) is 18.5 Å². The zero-order valence-electron chi connectivity index (χ0n) is 15.5. The number of piperidine rings is 1. The van der Waals surface area contributed by atoms with Gasteiger partial charge in [0.25, 0.3) is 0 Å². The SMILES string of the molecule is CC1CCCCN1c1nccc2cc(NC3=NCc4cccnc43)ccc12. The van der Waals surface area contributed by atoms with Crippen molar-refractivity contribution in [2.24, 2.45) is 4.99 Å². The highest BCUT2D eigenvalue weighted by Gasteiger charge is 2.21. The Morgan fingerprint density at radius 3 is 2.96 bits per heavy atom. The Morgan fingerprint density at radius 1 is 1.07 bits per heavy atom. The normalized spacial score (nSPS) is 19.1. The predicted octanol–water partition coefficient (Wildman–Crippen LogP) is 4.38. The van der Waals surface area contributed by atoms with Gasteiger partial charge < -0.3 is 10.2 Å². The van der Waals surface area contributed by atoms with Crippen molar-refractivity contribution >= 4 is 28.1 Å². The molecule has 1 fully saturated rings. The molecule has 3 aromatic rings. The topological polar surface area (TPSA) is 53.4 Å². The zero-order valence-corrected chi connectivity index (χ0v) is 15.5. The van der Waals surface area contributed by atoms with Crippen LogP contribution >= 0.6 is 0 Å². The third-order valence-corrected chi connectivity index (χ3v) is 5.60. The molecule has 1 aromatic carbocycles. The van der Waals surface area contributed by atoms with Crippen molar-refractivity contribution in [2.45, 2.75) is 38.8 Å². The van der Waals surface area contributed by atoms with Gasteiger partial charge in [-0.25, -0.2) is 4.98 Å². The third-order valence-electron chi connectivity index (χ3n) is 5.60. The largest absolute Gasteiger partial charge is 0.353 e. The quantitative estimate of drug-likeness (QED) is 0.739. The van der Waals surface area contributed by atoms with E-state index in [9.17, 15) is 0 Å². The molecule has 4 heterocycles. The van der Waals surface area contributed by atoms with Gasteiger partial charge >= 0.3 is 0 Å². The molecule has 2 aromatic heterocycles. The highest BCUT2D eigenvalue weighted by molar-refractivity contribution is 6.10. The van der Waals surface area contributed by atoms with Gasteiger partial charge in [-0.3, -0.25) is 9.98 Å². The summed E-state index contributed by atoms with van der Waals surface area (Å²) >= 11 is 0. The maximum Gasteiger partial charge on any atom is 0.152 e. The lowest BCUT2D eigenvalue weighted by molar-refractivity contribution is 0.482. The number of aromatic nitrogens is 2. The molecule has 0 bridgehead atoms. The number of fused-ring (bicyclic) bond motifs is 2. The van der Waals surface area contributed by atoms with Gasteiger partial charge in [-0.05, 0) is 61.9 Å². The first-order valence-electron chi connectivity index (χ1n) is 9.71. The fourth-order valence-electron chi connectivity index (χ4n) is 4.14. The second kappa shape index (κ2) is 6.65. The molecule has 1 atom stereocenters. The van der Waals surface area contributed by atoms with E-state index in [-0.39, 0.29) is 0 Å². The van der Waals surface area contributed by atoms with Crippen molar-refractivity contribution < 1.29 is 0 Å². The molecule has 5 heteroatoms. The molecule has 1 unspecified atom stereocenters. The van der Waals surface area contributed by atoms with E-state index in [2.05, 4.69) is 57.4 Å². The standard InChI is InChI=1S/C22H23N5/c1-15-5-2-3-12-27(15)22-19-8-7-18(13-16(19)9-11-24-22)26-21-20-17(14-25-21)6-4-10-23-20/h4,6-11,13,15H,2-3,5,12,14H2,1H3,(H,25,26). The van der Waals surface area contributed by atoms with Crippen LogP contribution in [0.1, 0.15) is 37.4 Å². The van der Waals surface area contributed by atoms with Crippen molar-refractivity contribution in [1.82, 2.24) is 9.97 Å². The first kappa shape index (κ1) is 16.2. The van der Waals surface area contributed by atoms with Crippen molar-refractivity contribution in [3.05, 3.63) is 60.0 Å². The van der Waals surface area contributed by atoms with Gasteiger partial charge in [-0.2, -0.15) is 0 Å². The minimum atomic E-state index is 0.546. The molecule has 0 spiro atoms. The Bertz CT molecular complexity index is 1030. The van der Waals surface area contributed by atoms with E-state index in [0.29, 0.717) is 12.6 Å². The Hall–Kier alpha value is -2.95. The fraction of sp³-hybridized carbons (Fsp3) is 0.318. The average molecular weight is 357 g/mol. The smallest absolute Gasteiger partial charge is 0.152 e. The van der Waals surface area contributed by atoms with Crippen molar-refractivity contribution in [3.8, 4) is 0 Å². The van der Waals surface area contributed by atoms with E-state index in [1.165, 1.54) is 35.6 Å². The fourth-order valence-corrected chi connectivity index (χ4v) is 4.14. The van der Waals surface area contributed by atoms with Gasteiger partial charge in [-0.1, -0.05) is 6.07 Å².